The van der Waals surface area contributed by atoms with Gasteiger partial charge in [-0.25, -0.2) is 4.79 Å². The number of hydrazine groups is 1. The number of nitrogens with one attached hydrogen (secondary N) is 2. The smallest absolute Gasteiger partial charge is 0.344 e. The molecule has 2 N–H and O–H groups in total. The predicted molar refractivity (Wildman–Crippen MR) is 109 cm³/mol. The third-order valence-electron chi connectivity index (χ3n) is 5.52. The maximum atomic E-state index is 13.0. The third kappa shape index (κ3) is 3.48. The number of aryl methyl sites for hydroxylation is 2. The predicted octanol–water partition coefficient (Wildman–Crippen LogP) is 3.14. The Hall–Kier alpha value is -2.87. The van der Waals surface area contributed by atoms with Crippen molar-refractivity contribution in [3.63, 3.8) is 0 Å². The highest BCUT2D eigenvalue weighted by Gasteiger charge is 2.50. The monoisotopic (exact) mass is 413 g/mol. The standard InChI is InChI=1S/C21H23N3O4S/c1-21(14-8-6-9-15(12-14)28-2)19(26)24(20(27)22-21)23-18(25)17-11-13-7-4-3-5-10-16(13)29-17/h6,8-9,11-12H,3-5,7,10H2,1-2H3,(H,22,27)(H,23,25). The summed E-state index contributed by atoms with van der Waals surface area (Å²) in [5, 5.41) is 3.45. The zero-order valence-electron chi connectivity index (χ0n) is 16.4. The van der Waals surface area contributed by atoms with Crippen LogP contribution in [0.5, 0.6) is 5.75 Å². The van der Waals surface area contributed by atoms with Gasteiger partial charge in [0.05, 0.1) is 12.0 Å². The average molecular weight is 413 g/mol. The topological polar surface area (TPSA) is 87.7 Å². The van der Waals surface area contributed by atoms with E-state index in [0.29, 0.717) is 16.2 Å². The number of nitrogens with zero attached hydrogens (tertiary/aromatic N) is 1. The number of amides is 4. The molecule has 1 fully saturated rings. The molecule has 0 radical (unpaired) electrons. The van der Waals surface area contributed by atoms with Crippen LogP contribution in [0.2, 0.25) is 0 Å². The van der Waals surface area contributed by atoms with E-state index in [4.69, 9.17) is 4.74 Å². The van der Waals surface area contributed by atoms with Crippen molar-refractivity contribution in [1.82, 2.24) is 15.8 Å². The van der Waals surface area contributed by atoms with E-state index >= 15 is 0 Å². The van der Waals surface area contributed by atoms with Crippen LogP contribution < -0.4 is 15.5 Å². The summed E-state index contributed by atoms with van der Waals surface area (Å²) in [6.45, 7) is 1.61. The van der Waals surface area contributed by atoms with Crippen molar-refractivity contribution in [2.75, 3.05) is 7.11 Å². The van der Waals surface area contributed by atoms with Gasteiger partial charge in [-0.2, -0.15) is 5.01 Å². The van der Waals surface area contributed by atoms with Crippen LogP contribution in [0.15, 0.2) is 30.3 Å². The van der Waals surface area contributed by atoms with Gasteiger partial charge in [-0.05, 0) is 61.9 Å². The van der Waals surface area contributed by atoms with Crippen LogP contribution in [0, 0.1) is 0 Å². The first-order valence-electron chi connectivity index (χ1n) is 9.66. The maximum Gasteiger partial charge on any atom is 0.344 e. The van der Waals surface area contributed by atoms with Crippen LogP contribution in [0.4, 0.5) is 4.79 Å². The number of thiophene rings is 1. The average Bonchev–Trinajstić information content (AvgIpc) is 3.13. The second-order valence-corrected chi connectivity index (χ2v) is 8.63. The summed E-state index contributed by atoms with van der Waals surface area (Å²) in [5.74, 6) is -0.406. The Balaban J connectivity index is 1.54. The second kappa shape index (κ2) is 7.51. The molecule has 1 aliphatic carbocycles. The molecule has 1 saturated heterocycles. The molecule has 152 valence electrons. The zero-order chi connectivity index (χ0) is 20.6. The van der Waals surface area contributed by atoms with E-state index < -0.39 is 23.4 Å². The van der Waals surface area contributed by atoms with Crippen LogP contribution in [-0.2, 0) is 23.2 Å². The minimum Gasteiger partial charge on any atom is -0.497 e. The van der Waals surface area contributed by atoms with Gasteiger partial charge in [-0.15, -0.1) is 11.3 Å². The largest absolute Gasteiger partial charge is 0.497 e. The molecule has 2 aromatic rings. The molecule has 4 rings (SSSR count). The maximum absolute atomic E-state index is 13.0. The number of ether oxygens (including phenoxy) is 1. The van der Waals surface area contributed by atoms with Crippen molar-refractivity contribution in [1.29, 1.82) is 0 Å². The molecule has 2 heterocycles. The van der Waals surface area contributed by atoms with E-state index in [1.165, 1.54) is 35.3 Å². The molecular formula is C21H23N3O4S. The normalized spacial score (nSPS) is 21.4. The molecule has 7 nitrogen and oxygen atoms in total. The van der Waals surface area contributed by atoms with Gasteiger partial charge < -0.3 is 10.1 Å². The van der Waals surface area contributed by atoms with Crippen molar-refractivity contribution in [2.24, 2.45) is 0 Å². The third-order valence-corrected chi connectivity index (χ3v) is 6.76. The summed E-state index contributed by atoms with van der Waals surface area (Å²) in [6, 6.07) is 8.17. The lowest BCUT2D eigenvalue weighted by atomic mass is 9.92. The molecule has 2 aliphatic rings. The highest BCUT2D eigenvalue weighted by Crippen LogP contribution is 2.31. The highest BCUT2D eigenvalue weighted by molar-refractivity contribution is 7.14. The first-order valence-corrected chi connectivity index (χ1v) is 10.5. The number of carbonyl (C=O) groups is 3. The van der Waals surface area contributed by atoms with E-state index in [2.05, 4.69) is 10.7 Å². The van der Waals surface area contributed by atoms with Crippen molar-refractivity contribution in [3.8, 4) is 5.75 Å². The fourth-order valence-electron chi connectivity index (χ4n) is 3.81. The summed E-state index contributed by atoms with van der Waals surface area (Å²) in [4.78, 5) is 40.0. The number of hydrogen-bond donors (Lipinski definition) is 2. The lowest BCUT2D eigenvalue weighted by Crippen LogP contribution is -2.47. The van der Waals surface area contributed by atoms with Crippen LogP contribution in [0.3, 0.4) is 0 Å². The number of urea groups is 1. The molecule has 1 aromatic heterocycles. The van der Waals surface area contributed by atoms with Gasteiger partial charge in [0.15, 0.2) is 0 Å². The van der Waals surface area contributed by atoms with Crippen molar-refractivity contribution >= 4 is 29.2 Å². The Morgan fingerprint density at radius 1 is 1.21 bits per heavy atom. The molecule has 1 unspecified atom stereocenters. The Morgan fingerprint density at radius 3 is 2.79 bits per heavy atom. The van der Waals surface area contributed by atoms with Crippen LogP contribution in [-0.4, -0.2) is 30.0 Å². The minimum absolute atomic E-state index is 0.443. The molecule has 1 aliphatic heterocycles. The van der Waals surface area contributed by atoms with E-state index in [1.54, 1.807) is 31.2 Å². The number of fused-ring (bicyclic) bond motifs is 1. The number of benzene rings is 1. The number of imide groups is 1. The van der Waals surface area contributed by atoms with Crippen LogP contribution in [0.1, 0.15) is 51.9 Å². The van der Waals surface area contributed by atoms with Gasteiger partial charge in [0.2, 0.25) is 0 Å². The van der Waals surface area contributed by atoms with E-state index in [0.717, 1.165) is 30.7 Å². The first kappa shape index (κ1) is 19.4. The molecular weight excluding hydrogens is 390 g/mol. The van der Waals surface area contributed by atoms with Gasteiger partial charge in [0.1, 0.15) is 11.3 Å². The summed E-state index contributed by atoms with van der Waals surface area (Å²) < 4.78 is 5.21. The quantitative estimate of drug-likeness (QED) is 0.595. The summed E-state index contributed by atoms with van der Waals surface area (Å²) in [5.41, 5.74) is 2.98. The fraction of sp³-hybridized carbons (Fsp3) is 0.381. The number of methoxy groups -OCH3 is 1. The Bertz CT molecular complexity index is 963. The number of rotatable bonds is 4. The molecule has 29 heavy (non-hydrogen) atoms. The first-order chi connectivity index (χ1) is 13.9. The van der Waals surface area contributed by atoms with Crippen LogP contribution in [0.25, 0.3) is 0 Å². The van der Waals surface area contributed by atoms with E-state index in [-0.39, 0.29) is 0 Å². The Kier molecular flexibility index (Phi) is 5.04. The Morgan fingerprint density at radius 2 is 2.00 bits per heavy atom. The van der Waals surface area contributed by atoms with E-state index in [1.807, 2.05) is 6.07 Å². The van der Waals surface area contributed by atoms with Crippen molar-refractivity contribution in [2.45, 2.75) is 44.6 Å². The molecule has 0 spiro atoms. The van der Waals surface area contributed by atoms with Crippen molar-refractivity contribution in [3.05, 3.63) is 51.2 Å². The minimum atomic E-state index is -1.29. The van der Waals surface area contributed by atoms with Gasteiger partial charge in [0, 0.05) is 4.88 Å². The molecule has 0 saturated carbocycles. The highest BCUT2D eigenvalue weighted by atomic mass is 32.1. The summed E-state index contributed by atoms with van der Waals surface area (Å²) in [6.07, 6.45) is 5.39. The SMILES string of the molecule is COc1cccc(C2(C)NC(=O)N(NC(=O)c3cc4c(s3)CCCCC4)C2=O)c1. The lowest BCUT2D eigenvalue weighted by Gasteiger charge is -2.22. The fourth-order valence-corrected chi connectivity index (χ4v) is 4.95. The number of carbonyl (C=O) groups excluding carboxylic acids is 3. The molecule has 0 bridgehead atoms. The molecule has 1 aromatic carbocycles. The molecule has 1 atom stereocenters. The zero-order valence-corrected chi connectivity index (χ0v) is 17.2. The Labute approximate surface area is 173 Å². The molecule has 8 heteroatoms. The van der Waals surface area contributed by atoms with Gasteiger partial charge in [-0.3, -0.25) is 15.0 Å². The van der Waals surface area contributed by atoms with E-state index in [9.17, 15) is 14.4 Å². The van der Waals surface area contributed by atoms with Crippen molar-refractivity contribution < 1.29 is 19.1 Å². The molecule has 4 amide bonds. The summed E-state index contributed by atoms with van der Waals surface area (Å²) in [7, 11) is 1.53. The second-order valence-electron chi connectivity index (χ2n) is 7.49. The number of hydrogen-bond acceptors (Lipinski definition) is 5. The lowest BCUT2D eigenvalue weighted by molar-refractivity contribution is -0.132. The van der Waals surface area contributed by atoms with Gasteiger partial charge in [-0.1, -0.05) is 18.6 Å². The van der Waals surface area contributed by atoms with Gasteiger partial charge in [0.25, 0.3) is 11.8 Å². The van der Waals surface area contributed by atoms with Gasteiger partial charge >= 0.3 is 6.03 Å². The summed E-state index contributed by atoms with van der Waals surface area (Å²) >= 11 is 1.45. The van der Waals surface area contributed by atoms with Crippen LogP contribution >= 0.6 is 11.3 Å².